The molecule has 0 bridgehead atoms. The monoisotopic (exact) mass is 383 g/mol. The van der Waals surface area contributed by atoms with Crippen molar-refractivity contribution in [2.45, 2.75) is 38.8 Å². The maximum Gasteiger partial charge on any atom is 0.333 e. The Hall–Kier alpha value is -2.05. The molecule has 0 aliphatic heterocycles. The molecule has 134 valence electrons. The van der Waals surface area contributed by atoms with Crippen molar-refractivity contribution < 1.29 is 14.7 Å². The minimum atomic E-state index is -1.67. The Morgan fingerprint density at radius 1 is 1.16 bits per heavy atom. The zero-order valence-corrected chi connectivity index (χ0v) is 15.8. The number of hydrogen-bond acceptors (Lipinski definition) is 3. The molecular formula is C17H19Cl2N3O3. The Labute approximate surface area is 155 Å². The Balaban J connectivity index is 2.35. The van der Waals surface area contributed by atoms with Crippen molar-refractivity contribution in [3.63, 3.8) is 0 Å². The number of hydrogen-bond donors (Lipinski definition) is 2. The third-order valence-electron chi connectivity index (χ3n) is 3.82. The second-order valence-electron chi connectivity index (χ2n) is 6.86. The van der Waals surface area contributed by atoms with Crippen LogP contribution in [0.1, 0.15) is 43.6 Å². The quantitative estimate of drug-likeness (QED) is 0.843. The van der Waals surface area contributed by atoms with Gasteiger partial charge in [0.15, 0.2) is 5.54 Å². The van der Waals surface area contributed by atoms with Crippen molar-refractivity contribution in [2.24, 2.45) is 0 Å². The number of aromatic nitrogens is 2. The maximum absolute atomic E-state index is 12.5. The Kier molecular flexibility index (Phi) is 5.16. The molecule has 2 rings (SSSR count). The standard InChI is InChI=1S/C17H19Cl2N3O3/c1-16(2,3)22-9-10(8-20-22)14(23)21-17(4,15(24)25)11-5-6-12(18)13(19)7-11/h5-9H,1-4H3,(H,21,23)(H,24,25). The van der Waals surface area contributed by atoms with Crippen LogP contribution in [-0.2, 0) is 15.9 Å². The fraction of sp³-hybridized carbons (Fsp3) is 0.353. The molecule has 0 fully saturated rings. The normalized spacial score (nSPS) is 14.0. The zero-order valence-electron chi connectivity index (χ0n) is 14.3. The summed E-state index contributed by atoms with van der Waals surface area (Å²) in [6.07, 6.45) is 2.98. The van der Waals surface area contributed by atoms with Crippen LogP contribution in [0.5, 0.6) is 0 Å². The van der Waals surface area contributed by atoms with Crippen molar-refractivity contribution in [3.8, 4) is 0 Å². The van der Waals surface area contributed by atoms with E-state index in [0.29, 0.717) is 10.6 Å². The summed E-state index contributed by atoms with van der Waals surface area (Å²) in [7, 11) is 0. The average Bonchev–Trinajstić information content (AvgIpc) is 2.99. The van der Waals surface area contributed by atoms with Crippen LogP contribution < -0.4 is 5.32 Å². The molecule has 0 radical (unpaired) electrons. The number of halogens is 2. The summed E-state index contributed by atoms with van der Waals surface area (Å²) in [5, 5.41) is 16.9. The molecule has 1 atom stereocenters. The highest BCUT2D eigenvalue weighted by molar-refractivity contribution is 6.42. The molecule has 2 aromatic rings. The summed E-state index contributed by atoms with van der Waals surface area (Å²) in [6.45, 7) is 7.22. The van der Waals surface area contributed by atoms with Crippen LogP contribution in [0.3, 0.4) is 0 Å². The van der Waals surface area contributed by atoms with E-state index < -0.39 is 17.4 Å². The summed E-state index contributed by atoms with van der Waals surface area (Å²) in [5.41, 5.74) is -1.39. The number of rotatable bonds is 4. The van der Waals surface area contributed by atoms with Gasteiger partial charge in [0.1, 0.15) is 0 Å². The molecule has 1 unspecified atom stereocenters. The first-order chi connectivity index (χ1) is 11.4. The number of carboxylic acids is 1. The molecular weight excluding hydrogens is 365 g/mol. The Morgan fingerprint density at radius 3 is 2.28 bits per heavy atom. The summed E-state index contributed by atoms with van der Waals surface area (Å²) in [5.74, 6) is -1.77. The SMILES string of the molecule is CC(NC(=O)c1cnn(C(C)(C)C)c1)(C(=O)O)c1ccc(Cl)c(Cl)c1. The van der Waals surface area contributed by atoms with Crippen LogP contribution in [0.15, 0.2) is 30.6 Å². The minimum Gasteiger partial charge on any atom is -0.479 e. The maximum atomic E-state index is 12.5. The molecule has 0 saturated carbocycles. The Morgan fingerprint density at radius 2 is 1.80 bits per heavy atom. The lowest BCUT2D eigenvalue weighted by Crippen LogP contribution is -2.49. The van der Waals surface area contributed by atoms with E-state index in [9.17, 15) is 14.7 Å². The van der Waals surface area contributed by atoms with Crippen LogP contribution in [-0.4, -0.2) is 26.8 Å². The number of aliphatic carboxylic acids is 1. The first-order valence-corrected chi connectivity index (χ1v) is 8.27. The molecule has 0 saturated heterocycles. The summed E-state index contributed by atoms with van der Waals surface area (Å²) >= 11 is 11.9. The fourth-order valence-electron chi connectivity index (χ4n) is 2.16. The lowest BCUT2D eigenvalue weighted by Gasteiger charge is -2.27. The van der Waals surface area contributed by atoms with E-state index in [1.165, 1.54) is 31.3 Å². The van der Waals surface area contributed by atoms with Crippen molar-refractivity contribution in [3.05, 3.63) is 51.8 Å². The van der Waals surface area contributed by atoms with Crippen LogP contribution in [0.4, 0.5) is 0 Å². The van der Waals surface area contributed by atoms with Gasteiger partial charge in [0.2, 0.25) is 0 Å². The van der Waals surface area contributed by atoms with Gasteiger partial charge >= 0.3 is 5.97 Å². The zero-order chi connectivity index (χ0) is 19.0. The highest BCUT2D eigenvalue weighted by Gasteiger charge is 2.38. The molecule has 1 aromatic heterocycles. The lowest BCUT2D eigenvalue weighted by atomic mass is 9.91. The number of nitrogens with zero attached hydrogens (tertiary/aromatic N) is 2. The van der Waals surface area contributed by atoms with Gasteiger partial charge in [-0.2, -0.15) is 5.10 Å². The number of amides is 1. The van der Waals surface area contributed by atoms with E-state index in [4.69, 9.17) is 23.2 Å². The van der Waals surface area contributed by atoms with E-state index in [1.807, 2.05) is 20.8 Å². The van der Waals surface area contributed by atoms with Gasteiger partial charge in [-0.1, -0.05) is 29.3 Å². The smallest absolute Gasteiger partial charge is 0.333 e. The Bertz CT molecular complexity index is 827. The number of benzene rings is 1. The van der Waals surface area contributed by atoms with Crippen molar-refractivity contribution in [1.29, 1.82) is 0 Å². The molecule has 2 N–H and O–H groups in total. The van der Waals surface area contributed by atoms with E-state index in [2.05, 4.69) is 10.4 Å². The van der Waals surface area contributed by atoms with Gasteiger partial charge in [-0.05, 0) is 45.4 Å². The molecule has 1 aromatic carbocycles. The average molecular weight is 384 g/mol. The van der Waals surface area contributed by atoms with Gasteiger partial charge in [0.25, 0.3) is 5.91 Å². The summed E-state index contributed by atoms with van der Waals surface area (Å²) in [4.78, 5) is 24.4. The molecule has 1 amide bonds. The van der Waals surface area contributed by atoms with E-state index in [-0.39, 0.29) is 16.1 Å². The van der Waals surface area contributed by atoms with Gasteiger partial charge in [0, 0.05) is 6.20 Å². The highest BCUT2D eigenvalue weighted by Crippen LogP contribution is 2.29. The number of nitrogens with one attached hydrogen (secondary N) is 1. The second kappa shape index (κ2) is 6.69. The molecule has 6 nitrogen and oxygen atoms in total. The van der Waals surface area contributed by atoms with Crippen LogP contribution >= 0.6 is 23.2 Å². The topological polar surface area (TPSA) is 84.2 Å². The van der Waals surface area contributed by atoms with Crippen molar-refractivity contribution in [2.75, 3.05) is 0 Å². The molecule has 0 spiro atoms. The molecule has 1 heterocycles. The molecule has 8 heteroatoms. The lowest BCUT2D eigenvalue weighted by molar-refractivity contribution is -0.144. The molecule has 0 aliphatic rings. The van der Waals surface area contributed by atoms with Crippen LogP contribution in [0.2, 0.25) is 10.0 Å². The van der Waals surface area contributed by atoms with Crippen molar-refractivity contribution >= 4 is 35.1 Å². The number of carbonyl (C=O) groups is 2. The number of carbonyl (C=O) groups excluding carboxylic acids is 1. The van der Waals surface area contributed by atoms with Gasteiger partial charge in [0.05, 0.1) is 27.3 Å². The van der Waals surface area contributed by atoms with Crippen LogP contribution in [0, 0.1) is 0 Å². The van der Waals surface area contributed by atoms with Crippen LogP contribution in [0.25, 0.3) is 0 Å². The second-order valence-corrected chi connectivity index (χ2v) is 7.67. The van der Waals surface area contributed by atoms with Crippen molar-refractivity contribution in [1.82, 2.24) is 15.1 Å². The van der Waals surface area contributed by atoms with E-state index in [0.717, 1.165) is 0 Å². The summed E-state index contributed by atoms with van der Waals surface area (Å²) in [6, 6.07) is 4.43. The predicted octanol–water partition coefficient (Wildman–Crippen LogP) is 3.67. The van der Waals surface area contributed by atoms with Gasteiger partial charge in [-0.3, -0.25) is 9.48 Å². The van der Waals surface area contributed by atoms with Gasteiger partial charge in [-0.25, -0.2) is 4.79 Å². The molecule has 25 heavy (non-hydrogen) atoms. The third-order valence-corrected chi connectivity index (χ3v) is 4.56. The minimum absolute atomic E-state index is 0.210. The summed E-state index contributed by atoms with van der Waals surface area (Å²) < 4.78 is 1.64. The van der Waals surface area contributed by atoms with E-state index in [1.54, 1.807) is 10.9 Å². The third kappa shape index (κ3) is 3.96. The largest absolute Gasteiger partial charge is 0.479 e. The highest BCUT2D eigenvalue weighted by atomic mass is 35.5. The first kappa shape index (κ1) is 19.3. The predicted molar refractivity (Wildman–Crippen MR) is 96.1 cm³/mol. The first-order valence-electron chi connectivity index (χ1n) is 7.52. The fourth-order valence-corrected chi connectivity index (χ4v) is 2.46. The van der Waals surface area contributed by atoms with Gasteiger partial charge < -0.3 is 10.4 Å². The number of carboxylic acid groups (broad SMARTS) is 1. The van der Waals surface area contributed by atoms with E-state index >= 15 is 0 Å². The molecule has 0 aliphatic carbocycles. The van der Waals surface area contributed by atoms with Gasteiger partial charge in [-0.15, -0.1) is 0 Å².